The molecular formula is C4H8ClN2+. The van der Waals surface area contributed by atoms with Crippen molar-refractivity contribution in [3.05, 3.63) is 0 Å². The van der Waals surface area contributed by atoms with Crippen LogP contribution in [0, 0.1) is 0 Å². The fourth-order valence-corrected chi connectivity index (χ4v) is 0.839. The molecule has 0 spiro atoms. The minimum atomic E-state index is 0.185. The summed E-state index contributed by atoms with van der Waals surface area (Å²) in [5.74, 6) is 0. The number of nitrogens with one attached hydrogen (secondary N) is 1. The van der Waals surface area contributed by atoms with Crippen LogP contribution in [-0.2, 0) is 0 Å². The SMILES string of the molecule is CN1CC(Cl)C=[NH+]1. The lowest BCUT2D eigenvalue weighted by Crippen LogP contribution is -2.76. The van der Waals surface area contributed by atoms with Gasteiger partial charge in [-0.25, -0.2) is 0 Å². The lowest BCUT2D eigenvalue weighted by molar-refractivity contribution is -0.623. The molecule has 0 aromatic rings. The minimum Gasteiger partial charge on any atom is -0.189 e. The summed E-state index contributed by atoms with van der Waals surface area (Å²) >= 11 is 5.65. The molecule has 1 rings (SSSR count). The van der Waals surface area contributed by atoms with Gasteiger partial charge in [0.15, 0.2) is 6.21 Å². The van der Waals surface area contributed by atoms with Crippen molar-refractivity contribution in [2.75, 3.05) is 13.6 Å². The zero-order valence-corrected chi connectivity index (χ0v) is 4.94. The number of alkyl halides is 1. The summed E-state index contributed by atoms with van der Waals surface area (Å²) in [6, 6.07) is 0. The molecule has 2 nitrogen and oxygen atoms in total. The van der Waals surface area contributed by atoms with Crippen molar-refractivity contribution < 1.29 is 5.10 Å². The van der Waals surface area contributed by atoms with E-state index in [1.54, 1.807) is 0 Å². The van der Waals surface area contributed by atoms with Crippen LogP contribution in [0.3, 0.4) is 0 Å². The summed E-state index contributed by atoms with van der Waals surface area (Å²) in [5.41, 5.74) is 0. The molecule has 1 atom stereocenters. The van der Waals surface area contributed by atoms with Crippen LogP contribution in [0.25, 0.3) is 0 Å². The van der Waals surface area contributed by atoms with Gasteiger partial charge >= 0.3 is 0 Å². The largest absolute Gasteiger partial charge is 0.189 e. The molecule has 1 N–H and O–H groups in total. The maximum Gasteiger partial charge on any atom is 0.187 e. The molecule has 0 saturated carbocycles. The number of hydrazine groups is 1. The van der Waals surface area contributed by atoms with Gasteiger partial charge in [0.05, 0.1) is 13.6 Å². The second kappa shape index (κ2) is 1.70. The predicted octanol–water partition coefficient (Wildman–Crippen LogP) is -1.39. The van der Waals surface area contributed by atoms with Crippen LogP contribution in [0.4, 0.5) is 0 Å². The van der Waals surface area contributed by atoms with E-state index in [2.05, 4.69) is 5.10 Å². The highest BCUT2D eigenvalue weighted by Crippen LogP contribution is 1.91. The van der Waals surface area contributed by atoms with Crippen molar-refractivity contribution in [1.82, 2.24) is 5.01 Å². The highest BCUT2D eigenvalue weighted by atomic mass is 35.5. The fourth-order valence-electron chi connectivity index (χ4n) is 0.575. The lowest BCUT2D eigenvalue weighted by atomic mass is 10.5. The molecule has 0 bridgehead atoms. The van der Waals surface area contributed by atoms with E-state index in [9.17, 15) is 0 Å². The Balaban J connectivity index is 2.42. The maximum atomic E-state index is 5.65. The molecule has 0 aromatic carbocycles. The standard InChI is InChI=1S/C4H7ClN2/c1-7-3-4(5)2-6-7/h2,4H,3H2,1H3/p+1. The Bertz CT molecular complexity index is 81.7. The van der Waals surface area contributed by atoms with Gasteiger partial charge in [-0.2, -0.15) is 5.01 Å². The first-order valence-electron chi connectivity index (χ1n) is 2.24. The van der Waals surface area contributed by atoms with E-state index in [0.29, 0.717) is 0 Å². The van der Waals surface area contributed by atoms with Crippen molar-refractivity contribution >= 4 is 17.8 Å². The fraction of sp³-hybridized carbons (Fsp3) is 0.750. The average Bonchev–Trinajstić information content (AvgIpc) is 1.87. The molecule has 1 heterocycles. The van der Waals surface area contributed by atoms with Crippen molar-refractivity contribution in [2.24, 2.45) is 0 Å². The van der Waals surface area contributed by atoms with Gasteiger partial charge in [-0.05, 0) is 0 Å². The lowest BCUT2D eigenvalue weighted by Gasteiger charge is -1.95. The van der Waals surface area contributed by atoms with Crippen molar-refractivity contribution in [3.8, 4) is 0 Å². The van der Waals surface area contributed by atoms with Gasteiger partial charge in [-0.1, -0.05) is 0 Å². The molecule has 0 fully saturated rings. The number of rotatable bonds is 0. The van der Waals surface area contributed by atoms with E-state index >= 15 is 0 Å². The Morgan fingerprint density at radius 1 is 2.00 bits per heavy atom. The van der Waals surface area contributed by atoms with Crippen LogP contribution < -0.4 is 5.10 Å². The number of hydrogen-bond donors (Lipinski definition) is 1. The van der Waals surface area contributed by atoms with Crippen molar-refractivity contribution in [3.63, 3.8) is 0 Å². The molecule has 1 aliphatic heterocycles. The molecule has 1 aliphatic rings. The average molecular weight is 120 g/mol. The van der Waals surface area contributed by atoms with Gasteiger partial charge in [0.1, 0.15) is 5.38 Å². The van der Waals surface area contributed by atoms with Crippen LogP contribution in [0.5, 0.6) is 0 Å². The van der Waals surface area contributed by atoms with Gasteiger partial charge in [-0.3, -0.25) is 0 Å². The van der Waals surface area contributed by atoms with E-state index in [1.165, 1.54) is 0 Å². The molecule has 40 valence electrons. The van der Waals surface area contributed by atoms with Crippen LogP contribution in [-0.4, -0.2) is 30.2 Å². The smallest absolute Gasteiger partial charge is 0.187 e. The van der Waals surface area contributed by atoms with Gasteiger partial charge in [0.2, 0.25) is 0 Å². The summed E-state index contributed by atoms with van der Waals surface area (Å²) < 4.78 is 0. The third-order valence-electron chi connectivity index (χ3n) is 0.924. The first-order chi connectivity index (χ1) is 3.29. The summed E-state index contributed by atoms with van der Waals surface area (Å²) in [6.07, 6.45) is 1.86. The Kier molecular flexibility index (Phi) is 1.19. The summed E-state index contributed by atoms with van der Waals surface area (Å²) in [7, 11) is 1.96. The predicted molar refractivity (Wildman–Crippen MR) is 29.3 cm³/mol. The molecule has 1 unspecified atom stereocenters. The number of hydrogen-bond acceptors (Lipinski definition) is 1. The second-order valence-corrected chi connectivity index (χ2v) is 2.25. The third-order valence-corrected chi connectivity index (χ3v) is 1.19. The second-order valence-electron chi connectivity index (χ2n) is 1.69. The van der Waals surface area contributed by atoms with Gasteiger partial charge in [0.25, 0.3) is 0 Å². The molecule has 3 heteroatoms. The molecule has 0 saturated heterocycles. The minimum absolute atomic E-state index is 0.185. The normalized spacial score (nSPS) is 29.4. The Labute approximate surface area is 47.8 Å². The van der Waals surface area contributed by atoms with Gasteiger partial charge in [0, 0.05) is 0 Å². The van der Waals surface area contributed by atoms with E-state index in [4.69, 9.17) is 11.6 Å². The molecule has 0 aliphatic carbocycles. The van der Waals surface area contributed by atoms with Crippen LogP contribution in [0.1, 0.15) is 0 Å². The number of hydrazone groups is 1. The zero-order chi connectivity index (χ0) is 5.28. The first-order valence-corrected chi connectivity index (χ1v) is 2.67. The highest BCUT2D eigenvalue weighted by molar-refractivity contribution is 6.27. The van der Waals surface area contributed by atoms with Crippen LogP contribution >= 0.6 is 11.6 Å². The number of nitrogens with zero attached hydrogens (tertiary/aromatic N) is 1. The summed E-state index contributed by atoms with van der Waals surface area (Å²) in [5, 5.41) is 5.07. The third kappa shape index (κ3) is 1.06. The van der Waals surface area contributed by atoms with E-state index < -0.39 is 0 Å². The van der Waals surface area contributed by atoms with Crippen LogP contribution in [0.2, 0.25) is 0 Å². The van der Waals surface area contributed by atoms with Crippen molar-refractivity contribution in [2.45, 2.75) is 5.38 Å². The first kappa shape index (κ1) is 4.91. The molecule has 0 radical (unpaired) electrons. The molecule has 0 aromatic heterocycles. The summed E-state index contributed by atoms with van der Waals surface area (Å²) in [4.78, 5) is 0. The van der Waals surface area contributed by atoms with Gasteiger partial charge < -0.3 is 0 Å². The molecular weight excluding hydrogens is 112 g/mol. The monoisotopic (exact) mass is 119 g/mol. The van der Waals surface area contributed by atoms with E-state index in [0.717, 1.165) is 6.54 Å². The Morgan fingerprint density at radius 3 is 2.86 bits per heavy atom. The Hall–Kier alpha value is -0.240. The highest BCUT2D eigenvalue weighted by Gasteiger charge is 2.15. The van der Waals surface area contributed by atoms with Crippen LogP contribution in [0.15, 0.2) is 0 Å². The molecule has 7 heavy (non-hydrogen) atoms. The maximum absolute atomic E-state index is 5.65. The Morgan fingerprint density at radius 2 is 2.71 bits per heavy atom. The van der Waals surface area contributed by atoms with E-state index in [1.807, 2.05) is 18.3 Å². The van der Waals surface area contributed by atoms with E-state index in [-0.39, 0.29) is 5.38 Å². The number of halogens is 1. The van der Waals surface area contributed by atoms with Crippen molar-refractivity contribution in [1.29, 1.82) is 0 Å². The summed E-state index contributed by atoms with van der Waals surface area (Å²) in [6.45, 7) is 0.904. The zero-order valence-electron chi connectivity index (χ0n) is 4.19. The topological polar surface area (TPSA) is 17.2 Å². The quantitative estimate of drug-likeness (QED) is 0.389. The molecule has 0 amide bonds. The van der Waals surface area contributed by atoms with Gasteiger partial charge in [-0.15, -0.1) is 16.7 Å².